The van der Waals surface area contributed by atoms with E-state index in [1.807, 2.05) is 0 Å². The molecule has 0 spiro atoms. The molecule has 1 aliphatic carbocycles. The maximum absolute atomic E-state index is 12.1. The number of hydrogen-bond donors (Lipinski definition) is 2. The molecule has 2 fully saturated rings. The molecular weight excluding hydrogens is 214 g/mol. The van der Waals surface area contributed by atoms with Crippen LogP contribution in [0.15, 0.2) is 0 Å². The van der Waals surface area contributed by atoms with Gasteiger partial charge in [-0.3, -0.25) is 4.79 Å². The van der Waals surface area contributed by atoms with Crippen molar-refractivity contribution in [3.05, 3.63) is 0 Å². The van der Waals surface area contributed by atoms with E-state index in [4.69, 9.17) is 5.73 Å². The van der Waals surface area contributed by atoms with Gasteiger partial charge in [0.1, 0.15) is 0 Å². The first-order valence-electron chi connectivity index (χ1n) is 6.89. The molecule has 1 aliphatic heterocycles. The fourth-order valence-electron chi connectivity index (χ4n) is 2.85. The van der Waals surface area contributed by atoms with Crippen molar-refractivity contribution in [3.63, 3.8) is 0 Å². The lowest BCUT2D eigenvalue weighted by Crippen LogP contribution is -2.46. The molecule has 0 aromatic heterocycles. The van der Waals surface area contributed by atoms with Crippen LogP contribution in [-0.4, -0.2) is 43.0 Å². The molecule has 1 heterocycles. The highest BCUT2D eigenvalue weighted by Crippen LogP contribution is 2.23. The van der Waals surface area contributed by atoms with Crippen LogP contribution in [0.5, 0.6) is 0 Å². The van der Waals surface area contributed by atoms with Crippen LogP contribution < -0.4 is 11.1 Å². The first-order valence-corrected chi connectivity index (χ1v) is 6.89. The number of amides is 1. The molecular formula is C13H25N3O. The summed E-state index contributed by atoms with van der Waals surface area (Å²) in [5.41, 5.74) is 5.86. The Kier molecular flexibility index (Phi) is 4.40. The van der Waals surface area contributed by atoms with Crippen molar-refractivity contribution in [1.29, 1.82) is 0 Å². The molecule has 0 aromatic rings. The fourth-order valence-corrected chi connectivity index (χ4v) is 2.85. The van der Waals surface area contributed by atoms with Gasteiger partial charge in [0.25, 0.3) is 0 Å². The highest BCUT2D eigenvalue weighted by molar-refractivity contribution is 5.79. The van der Waals surface area contributed by atoms with Crippen LogP contribution in [0, 0.1) is 5.92 Å². The summed E-state index contributed by atoms with van der Waals surface area (Å²) in [7, 11) is 2.14. The van der Waals surface area contributed by atoms with E-state index in [0.29, 0.717) is 12.1 Å². The molecule has 1 saturated carbocycles. The summed E-state index contributed by atoms with van der Waals surface area (Å²) < 4.78 is 0. The molecule has 1 saturated heterocycles. The number of rotatable bonds is 2. The first kappa shape index (κ1) is 12.8. The van der Waals surface area contributed by atoms with E-state index in [2.05, 4.69) is 17.3 Å². The number of carbonyl (C=O) groups excluding carboxylic acids is 1. The maximum atomic E-state index is 12.1. The lowest BCUT2D eigenvalue weighted by molar-refractivity contribution is -0.127. The molecule has 0 atom stereocenters. The Labute approximate surface area is 104 Å². The predicted octanol–water partition coefficient (Wildman–Crippen LogP) is 0.714. The number of nitrogens with zero attached hydrogens (tertiary/aromatic N) is 1. The fraction of sp³-hybridized carbons (Fsp3) is 0.923. The van der Waals surface area contributed by atoms with Gasteiger partial charge in [0.05, 0.1) is 0 Å². The molecule has 2 aliphatic rings. The quantitative estimate of drug-likeness (QED) is 0.746. The van der Waals surface area contributed by atoms with Crippen molar-refractivity contribution < 1.29 is 4.79 Å². The number of hydrogen-bond acceptors (Lipinski definition) is 3. The van der Waals surface area contributed by atoms with Crippen LogP contribution >= 0.6 is 0 Å². The minimum atomic E-state index is 0.217. The van der Waals surface area contributed by atoms with E-state index in [-0.39, 0.29) is 11.8 Å². The van der Waals surface area contributed by atoms with Crippen molar-refractivity contribution in [2.75, 3.05) is 20.1 Å². The van der Waals surface area contributed by atoms with Gasteiger partial charge in [-0.25, -0.2) is 0 Å². The zero-order valence-electron chi connectivity index (χ0n) is 10.8. The van der Waals surface area contributed by atoms with Gasteiger partial charge in [-0.2, -0.15) is 0 Å². The third kappa shape index (κ3) is 3.68. The molecule has 3 N–H and O–H groups in total. The molecule has 17 heavy (non-hydrogen) atoms. The Morgan fingerprint density at radius 2 is 1.71 bits per heavy atom. The van der Waals surface area contributed by atoms with Crippen molar-refractivity contribution in [2.45, 2.75) is 50.6 Å². The van der Waals surface area contributed by atoms with Crippen molar-refractivity contribution >= 4 is 5.91 Å². The second-order valence-corrected chi connectivity index (χ2v) is 5.70. The van der Waals surface area contributed by atoms with Crippen LogP contribution in [0.2, 0.25) is 0 Å². The summed E-state index contributed by atoms with van der Waals surface area (Å²) in [6.45, 7) is 2.20. The summed E-state index contributed by atoms with van der Waals surface area (Å²) in [5.74, 6) is 0.487. The maximum Gasteiger partial charge on any atom is 0.223 e. The summed E-state index contributed by atoms with van der Waals surface area (Å²) in [6.07, 6.45) is 6.14. The zero-order chi connectivity index (χ0) is 12.3. The molecule has 0 unspecified atom stereocenters. The summed E-state index contributed by atoms with van der Waals surface area (Å²) in [6, 6.07) is 0.719. The standard InChI is InChI=1S/C13H25N3O/c1-16-8-6-12(7-9-16)15-13(17)10-2-4-11(14)5-3-10/h10-12H,2-9,14H2,1H3,(H,15,17)/t10-,11-. The van der Waals surface area contributed by atoms with Gasteiger partial charge in [-0.05, 0) is 58.7 Å². The third-order valence-corrected chi connectivity index (χ3v) is 4.21. The van der Waals surface area contributed by atoms with E-state index in [1.165, 1.54) is 0 Å². The van der Waals surface area contributed by atoms with Crippen molar-refractivity contribution in [2.24, 2.45) is 11.7 Å². The summed E-state index contributed by atoms with van der Waals surface area (Å²) >= 11 is 0. The Hall–Kier alpha value is -0.610. The molecule has 98 valence electrons. The summed E-state index contributed by atoms with van der Waals surface area (Å²) in [4.78, 5) is 14.4. The van der Waals surface area contributed by atoms with Gasteiger partial charge in [0.15, 0.2) is 0 Å². The minimum absolute atomic E-state index is 0.217. The second-order valence-electron chi connectivity index (χ2n) is 5.70. The van der Waals surface area contributed by atoms with Crippen LogP contribution in [0.4, 0.5) is 0 Å². The molecule has 0 radical (unpaired) electrons. The van der Waals surface area contributed by atoms with Gasteiger partial charge >= 0.3 is 0 Å². The van der Waals surface area contributed by atoms with Gasteiger partial charge in [0, 0.05) is 18.0 Å². The lowest BCUT2D eigenvalue weighted by atomic mass is 9.85. The monoisotopic (exact) mass is 239 g/mol. The smallest absolute Gasteiger partial charge is 0.223 e. The van der Waals surface area contributed by atoms with Gasteiger partial charge in [-0.1, -0.05) is 0 Å². The molecule has 2 rings (SSSR count). The van der Waals surface area contributed by atoms with Gasteiger partial charge < -0.3 is 16.0 Å². The number of piperidine rings is 1. The number of likely N-dealkylation sites (tertiary alicyclic amines) is 1. The van der Waals surface area contributed by atoms with Gasteiger partial charge in [-0.15, -0.1) is 0 Å². The highest BCUT2D eigenvalue weighted by atomic mass is 16.1. The number of nitrogens with two attached hydrogens (primary N) is 1. The average molecular weight is 239 g/mol. The Morgan fingerprint density at radius 3 is 2.29 bits per heavy atom. The number of nitrogens with one attached hydrogen (secondary N) is 1. The Bertz CT molecular complexity index is 253. The molecule has 4 nitrogen and oxygen atoms in total. The Morgan fingerprint density at radius 1 is 1.12 bits per heavy atom. The SMILES string of the molecule is CN1CCC(NC(=O)[C@H]2CC[C@H](N)CC2)CC1. The van der Waals surface area contributed by atoms with E-state index >= 15 is 0 Å². The molecule has 0 aromatic carbocycles. The van der Waals surface area contributed by atoms with E-state index in [0.717, 1.165) is 51.6 Å². The highest BCUT2D eigenvalue weighted by Gasteiger charge is 2.27. The molecule has 4 heteroatoms. The minimum Gasteiger partial charge on any atom is -0.353 e. The van der Waals surface area contributed by atoms with Crippen LogP contribution in [0.3, 0.4) is 0 Å². The Balaban J connectivity index is 1.73. The topological polar surface area (TPSA) is 58.4 Å². The zero-order valence-corrected chi connectivity index (χ0v) is 10.8. The summed E-state index contributed by atoms with van der Waals surface area (Å²) in [5, 5.41) is 3.22. The van der Waals surface area contributed by atoms with Crippen molar-refractivity contribution in [1.82, 2.24) is 10.2 Å². The average Bonchev–Trinajstić information content (AvgIpc) is 2.33. The van der Waals surface area contributed by atoms with Crippen LogP contribution in [0.25, 0.3) is 0 Å². The van der Waals surface area contributed by atoms with Gasteiger partial charge in [0.2, 0.25) is 5.91 Å². The van der Waals surface area contributed by atoms with E-state index < -0.39 is 0 Å². The lowest BCUT2D eigenvalue weighted by Gasteiger charge is -2.32. The number of carbonyl (C=O) groups is 1. The first-order chi connectivity index (χ1) is 8.15. The predicted molar refractivity (Wildman–Crippen MR) is 68.6 cm³/mol. The van der Waals surface area contributed by atoms with Crippen LogP contribution in [0.1, 0.15) is 38.5 Å². The van der Waals surface area contributed by atoms with Crippen molar-refractivity contribution in [3.8, 4) is 0 Å². The molecule has 1 amide bonds. The third-order valence-electron chi connectivity index (χ3n) is 4.21. The van der Waals surface area contributed by atoms with E-state index in [1.54, 1.807) is 0 Å². The van der Waals surface area contributed by atoms with E-state index in [9.17, 15) is 4.79 Å². The second kappa shape index (κ2) is 5.83. The molecule has 0 bridgehead atoms. The van der Waals surface area contributed by atoms with Crippen LogP contribution in [-0.2, 0) is 4.79 Å². The normalized spacial score (nSPS) is 32.4. The largest absolute Gasteiger partial charge is 0.353 e.